The molecule has 1 fully saturated rings. The number of hydrogen-bond acceptors (Lipinski definition) is 6. The average molecular weight is 447 g/mol. The lowest BCUT2D eigenvalue weighted by Gasteiger charge is -2.30. The van der Waals surface area contributed by atoms with E-state index in [1.54, 1.807) is 11.0 Å². The molecule has 2 heterocycles. The van der Waals surface area contributed by atoms with Gasteiger partial charge >= 0.3 is 0 Å². The zero-order valence-corrected chi connectivity index (χ0v) is 18.3. The number of ether oxygens (including phenoxy) is 1. The summed E-state index contributed by atoms with van der Waals surface area (Å²) in [6.07, 6.45) is 0.0580. The molecule has 0 radical (unpaired) electrons. The molecule has 0 bridgehead atoms. The molecule has 1 saturated heterocycles. The lowest BCUT2D eigenvalue weighted by Crippen LogP contribution is -2.40. The minimum absolute atomic E-state index is 0.0226. The van der Waals surface area contributed by atoms with Crippen molar-refractivity contribution in [1.82, 2.24) is 4.90 Å². The van der Waals surface area contributed by atoms with Crippen LogP contribution in [0.15, 0.2) is 64.6 Å². The maximum absolute atomic E-state index is 12.8. The van der Waals surface area contributed by atoms with E-state index in [2.05, 4.69) is 15.3 Å². The van der Waals surface area contributed by atoms with Crippen molar-refractivity contribution in [3.05, 3.63) is 65.7 Å². The van der Waals surface area contributed by atoms with Gasteiger partial charge in [0, 0.05) is 37.1 Å². The molecule has 4 rings (SSSR count). The van der Waals surface area contributed by atoms with Crippen molar-refractivity contribution in [3.8, 4) is 0 Å². The number of amidine groups is 1. The van der Waals surface area contributed by atoms with Crippen LogP contribution in [-0.2, 0) is 14.3 Å². The largest absolute Gasteiger partial charge is 0.412 e. The van der Waals surface area contributed by atoms with Crippen LogP contribution in [0, 0.1) is 11.3 Å². The number of aliphatic imine (C=N–C) groups is 2. The van der Waals surface area contributed by atoms with Gasteiger partial charge in [0.15, 0.2) is 5.90 Å². The van der Waals surface area contributed by atoms with E-state index >= 15 is 0 Å². The van der Waals surface area contributed by atoms with Crippen LogP contribution in [0.4, 0.5) is 5.69 Å². The second-order valence-electron chi connectivity index (χ2n) is 7.97. The SMILES string of the molecule is CC(=O)N1CCC(C(=N)OC(N)=NC2N=C(c3ccccc3)c3ccccc3NC2=O)CC1. The number of nitrogens with one attached hydrogen (secondary N) is 2. The first-order valence-corrected chi connectivity index (χ1v) is 10.8. The van der Waals surface area contributed by atoms with Gasteiger partial charge in [0.2, 0.25) is 12.1 Å². The number of rotatable bonds is 3. The molecule has 0 aromatic heterocycles. The van der Waals surface area contributed by atoms with E-state index in [1.807, 2.05) is 48.5 Å². The number of para-hydroxylation sites is 1. The number of nitrogens with zero attached hydrogens (tertiary/aromatic N) is 3. The molecule has 2 aliphatic heterocycles. The molecule has 0 spiro atoms. The van der Waals surface area contributed by atoms with E-state index in [-0.39, 0.29) is 23.7 Å². The molecule has 0 saturated carbocycles. The molecule has 2 aromatic rings. The van der Waals surface area contributed by atoms with Gasteiger partial charge in [0.1, 0.15) is 0 Å². The predicted molar refractivity (Wildman–Crippen MR) is 126 cm³/mol. The number of benzodiazepines with no additional fused rings is 1. The second-order valence-corrected chi connectivity index (χ2v) is 7.97. The Morgan fingerprint density at radius 1 is 1.15 bits per heavy atom. The van der Waals surface area contributed by atoms with Crippen molar-refractivity contribution >= 4 is 35.1 Å². The highest BCUT2D eigenvalue weighted by molar-refractivity contribution is 6.19. The predicted octanol–water partition coefficient (Wildman–Crippen LogP) is 2.37. The normalized spacial score (nSPS) is 19.1. The summed E-state index contributed by atoms with van der Waals surface area (Å²) in [7, 11) is 0. The van der Waals surface area contributed by atoms with Crippen molar-refractivity contribution in [2.24, 2.45) is 21.6 Å². The van der Waals surface area contributed by atoms with Gasteiger partial charge in [-0.25, -0.2) is 4.99 Å². The first-order valence-electron chi connectivity index (χ1n) is 10.8. The van der Waals surface area contributed by atoms with E-state index in [4.69, 9.17) is 15.9 Å². The number of hydrogen-bond donors (Lipinski definition) is 3. The first-order chi connectivity index (χ1) is 15.9. The Kier molecular flexibility index (Phi) is 6.48. The van der Waals surface area contributed by atoms with Crippen LogP contribution < -0.4 is 11.1 Å². The Labute approximate surface area is 191 Å². The average Bonchev–Trinajstić information content (AvgIpc) is 2.96. The number of nitrogens with two attached hydrogens (primary N) is 1. The van der Waals surface area contributed by atoms with Crippen LogP contribution >= 0.6 is 0 Å². The molecule has 1 atom stereocenters. The summed E-state index contributed by atoms with van der Waals surface area (Å²) in [5.74, 6) is -0.607. The fraction of sp³-hybridized carbons (Fsp3) is 0.292. The highest BCUT2D eigenvalue weighted by atomic mass is 16.5. The number of piperidine rings is 1. The maximum Gasteiger partial charge on any atom is 0.291 e. The third-order valence-electron chi connectivity index (χ3n) is 5.75. The summed E-state index contributed by atoms with van der Waals surface area (Å²) >= 11 is 0. The van der Waals surface area contributed by atoms with Gasteiger partial charge in [0.25, 0.3) is 11.9 Å². The van der Waals surface area contributed by atoms with E-state index in [0.717, 1.165) is 11.1 Å². The van der Waals surface area contributed by atoms with Gasteiger partial charge in [-0.15, -0.1) is 0 Å². The fourth-order valence-electron chi connectivity index (χ4n) is 3.96. The lowest BCUT2D eigenvalue weighted by atomic mass is 9.97. The van der Waals surface area contributed by atoms with E-state index < -0.39 is 12.1 Å². The molecule has 2 amide bonds. The maximum atomic E-state index is 12.8. The molecule has 9 heteroatoms. The number of fused-ring (bicyclic) bond motifs is 1. The van der Waals surface area contributed by atoms with Gasteiger partial charge in [0.05, 0.1) is 11.4 Å². The Balaban J connectivity index is 1.54. The molecule has 33 heavy (non-hydrogen) atoms. The standard InChI is InChI=1S/C24H26N6O3/c1-15(31)30-13-11-17(12-14-30)21(25)33-24(26)29-22-23(32)27-19-10-6-5-9-18(19)20(28-22)16-7-3-2-4-8-16/h2-10,17,22,25H,11-14H2,1H3,(H2,26,29)(H,27,32). The van der Waals surface area contributed by atoms with Crippen molar-refractivity contribution < 1.29 is 14.3 Å². The summed E-state index contributed by atoms with van der Waals surface area (Å²) < 4.78 is 5.45. The number of amides is 2. The number of carbonyl (C=O) groups is 2. The summed E-state index contributed by atoms with van der Waals surface area (Å²) in [5, 5.41) is 11.1. The number of carbonyl (C=O) groups excluding carboxylic acids is 2. The van der Waals surface area contributed by atoms with E-state index in [0.29, 0.717) is 37.3 Å². The van der Waals surface area contributed by atoms with Crippen LogP contribution in [-0.4, -0.2) is 53.6 Å². The van der Waals surface area contributed by atoms with Crippen LogP contribution in [0.5, 0.6) is 0 Å². The Hall–Kier alpha value is -4.01. The molecule has 9 nitrogen and oxygen atoms in total. The lowest BCUT2D eigenvalue weighted by molar-refractivity contribution is -0.130. The molecule has 170 valence electrons. The number of likely N-dealkylation sites (tertiary alicyclic amines) is 1. The topological polar surface area (TPSA) is 133 Å². The van der Waals surface area contributed by atoms with Gasteiger partial charge in [-0.2, -0.15) is 4.99 Å². The second kappa shape index (κ2) is 9.64. The summed E-state index contributed by atoms with van der Waals surface area (Å²) in [5.41, 5.74) is 8.82. The quantitative estimate of drug-likeness (QED) is 0.493. The van der Waals surface area contributed by atoms with Crippen LogP contribution in [0.1, 0.15) is 30.9 Å². The highest BCUT2D eigenvalue weighted by Gasteiger charge is 2.28. The molecular weight excluding hydrogens is 420 g/mol. The van der Waals surface area contributed by atoms with Gasteiger partial charge in [-0.1, -0.05) is 48.5 Å². The fourth-order valence-corrected chi connectivity index (χ4v) is 3.96. The molecular formula is C24H26N6O3. The number of anilines is 1. The summed E-state index contributed by atoms with van der Waals surface area (Å²) in [4.78, 5) is 34.9. The zero-order chi connectivity index (χ0) is 23.4. The molecule has 2 aromatic carbocycles. The molecule has 4 N–H and O–H groups in total. The van der Waals surface area contributed by atoms with Crippen molar-refractivity contribution in [2.75, 3.05) is 18.4 Å². The summed E-state index contributed by atoms with van der Waals surface area (Å²) in [6.45, 7) is 2.67. The third-order valence-corrected chi connectivity index (χ3v) is 5.75. The van der Waals surface area contributed by atoms with Crippen molar-refractivity contribution in [3.63, 3.8) is 0 Å². The Morgan fingerprint density at radius 2 is 1.82 bits per heavy atom. The minimum Gasteiger partial charge on any atom is -0.412 e. The van der Waals surface area contributed by atoms with Gasteiger partial charge in [-0.3, -0.25) is 15.0 Å². The third kappa shape index (κ3) is 5.08. The van der Waals surface area contributed by atoms with Gasteiger partial charge < -0.3 is 20.7 Å². The zero-order valence-electron chi connectivity index (χ0n) is 18.3. The van der Waals surface area contributed by atoms with Crippen molar-refractivity contribution in [2.45, 2.75) is 25.9 Å². The Bertz CT molecular complexity index is 1120. The smallest absolute Gasteiger partial charge is 0.291 e. The van der Waals surface area contributed by atoms with E-state index in [9.17, 15) is 9.59 Å². The minimum atomic E-state index is -1.17. The van der Waals surface area contributed by atoms with E-state index in [1.165, 1.54) is 6.92 Å². The molecule has 2 aliphatic rings. The number of benzene rings is 2. The Morgan fingerprint density at radius 3 is 2.52 bits per heavy atom. The van der Waals surface area contributed by atoms with Crippen LogP contribution in [0.25, 0.3) is 0 Å². The monoisotopic (exact) mass is 446 g/mol. The van der Waals surface area contributed by atoms with Crippen molar-refractivity contribution in [1.29, 1.82) is 5.41 Å². The van der Waals surface area contributed by atoms with Crippen LogP contribution in [0.2, 0.25) is 0 Å². The van der Waals surface area contributed by atoms with Crippen LogP contribution in [0.3, 0.4) is 0 Å². The molecule has 1 unspecified atom stereocenters. The first kappa shape index (κ1) is 22.2. The summed E-state index contributed by atoms with van der Waals surface area (Å²) in [6, 6.07) is 16.6. The highest BCUT2D eigenvalue weighted by Crippen LogP contribution is 2.24. The molecule has 0 aliphatic carbocycles. The van der Waals surface area contributed by atoms with Gasteiger partial charge in [-0.05, 0) is 18.9 Å².